The topological polar surface area (TPSA) is 75.4 Å². The van der Waals surface area contributed by atoms with Crippen molar-refractivity contribution >= 4 is 23.4 Å². The first-order valence-corrected chi connectivity index (χ1v) is 7.99. The van der Waals surface area contributed by atoms with Gasteiger partial charge in [-0.25, -0.2) is 0 Å². The van der Waals surface area contributed by atoms with Gasteiger partial charge in [-0.2, -0.15) is 0 Å². The summed E-state index contributed by atoms with van der Waals surface area (Å²) in [5.41, 5.74) is 5.94. The number of likely N-dealkylation sites (tertiary alicyclic amines) is 1. The second-order valence-electron chi connectivity index (χ2n) is 5.63. The van der Waals surface area contributed by atoms with Gasteiger partial charge >= 0.3 is 0 Å². The van der Waals surface area contributed by atoms with Crippen molar-refractivity contribution in [3.63, 3.8) is 0 Å². The molecule has 0 saturated carbocycles. The Morgan fingerprint density at radius 3 is 2.45 bits per heavy atom. The van der Waals surface area contributed by atoms with Gasteiger partial charge in [0.2, 0.25) is 5.91 Å². The van der Waals surface area contributed by atoms with Crippen LogP contribution in [0, 0.1) is 5.92 Å². The molecule has 0 unspecified atom stereocenters. The summed E-state index contributed by atoms with van der Waals surface area (Å²) < 4.78 is 0. The van der Waals surface area contributed by atoms with E-state index in [4.69, 9.17) is 17.3 Å². The van der Waals surface area contributed by atoms with E-state index in [2.05, 4.69) is 10.2 Å². The van der Waals surface area contributed by atoms with Crippen molar-refractivity contribution in [2.45, 2.75) is 19.3 Å². The Balaban J connectivity index is 1.62. The molecule has 3 N–H and O–H groups in total. The lowest BCUT2D eigenvalue weighted by molar-refractivity contribution is -0.123. The highest BCUT2D eigenvalue weighted by atomic mass is 35.5. The lowest BCUT2D eigenvalue weighted by Gasteiger charge is -2.30. The predicted octanol–water partition coefficient (Wildman–Crippen LogP) is 1.66. The van der Waals surface area contributed by atoms with E-state index >= 15 is 0 Å². The molecule has 1 aliphatic heterocycles. The monoisotopic (exact) mass is 323 g/mol. The molecule has 0 aliphatic carbocycles. The minimum atomic E-state index is -0.185. The quantitative estimate of drug-likeness (QED) is 0.782. The van der Waals surface area contributed by atoms with Crippen molar-refractivity contribution in [2.75, 3.05) is 26.2 Å². The lowest BCUT2D eigenvalue weighted by Crippen LogP contribution is -2.39. The van der Waals surface area contributed by atoms with Gasteiger partial charge in [-0.15, -0.1) is 0 Å². The van der Waals surface area contributed by atoms with Gasteiger partial charge in [0.15, 0.2) is 0 Å². The fourth-order valence-electron chi connectivity index (χ4n) is 2.65. The predicted molar refractivity (Wildman–Crippen MR) is 86.8 cm³/mol. The number of primary amides is 1. The van der Waals surface area contributed by atoms with Gasteiger partial charge in [0, 0.05) is 23.0 Å². The average molecular weight is 324 g/mol. The molecule has 1 aromatic carbocycles. The van der Waals surface area contributed by atoms with Crippen molar-refractivity contribution in [2.24, 2.45) is 11.7 Å². The summed E-state index contributed by atoms with van der Waals surface area (Å²) in [6.45, 7) is 3.36. The van der Waals surface area contributed by atoms with Crippen LogP contribution < -0.4 is 11.1 Å². The summed E-state index contributed by atoms with van der Waals surface area (Å²) in [6.07, 6.45) is 2.57. The zero-order chi connectivity index (χ0) is 15.9. The number of carbonyl (C=O) groups excluding carboxylic acids is 2. The van der Waals surface area contributed by atoms with E-state index in [-0.39, 0.29) is 17.7 Å². The van der Waals surface area contributed by atoms with Crippen LogP contribution in [0.25, 0.3) is 0 Å². The maximum atomic E-state index is 11.9. The van der Waals surface area contributed by atoms with Gasteiger partial charge in [-0.1, -0.05) is 11.6 Å². The lowest BCUT2D eigenvalue weighted by atomic mass is 9.96. The second kappa shape index (κ2) is 8.15. The standard InChI is InChI=1S/C16H22ClN3O2/c17-14-4-2-13(3-5-14)16(22)19-8-1-9-20-10-6-12(7-11-20)15(18)21/h2-5,12H,1,6-11H2,(H2,18,21)(H,19,22). The molecule has 0 aromatic heterocycles. The van der Waals surface area contributed by atoms with E-state index in [0.717, 1.165) is 38.9 Å². The van der Waals surface area contributed by atoms with Gasteiger partial charge in [0.1, 0.15) is 0 Å². The molecule has 0 radical (unpaired) electrons. The highest BCUT2D eigenvalue weighted by Crippen LogP contribution is 2.16. The molecular formula is C16H22ClN3O2. The molecule has 0 atom stereocenters. The third kappa shape index (κ3) is 5.00. The Hall–Kier alpha value is -1.59. The largest absolute Gasteiger partial charge is 0.369 e. The van der Waals surface area contributed by atoms with E-state index in [1.807, 2.05) is 0 Å². The van der Waals surface area contributed by atoms with Gasteiger partial charge in [0.05, 0.1) is 0 Å². The molecule has 1 heterocycles. The van der Waals surface area contributed by atoms with Gasteiger partial charge in [-0.05, 0) is 63.2 Å². The second-order valence-corrected chi connectivity index (χ2v) is 6.07. The molecule has 2 amide bonds. The molecule has 5 nitrogen and oxygen atoms in total. The van der Waals surface area contributed by atoms with Crippen molar-refractivity contribution in [3.05, 3.63) is 34.9 Å². The number of nitrogens with two attached hydrogens (primary N) is 1. The van der Waals surface area contributed by atoms with Crippen LogP contribution in [0.4, 0.5) is 0 Å². The zero-order valence-corrected chi connectivity index (χ0v) is 13.3. The smallest absolute Gasteiger partial charge is 0.251 e. The Labute approximate surface area is 135 Å². The summed E-state index contributed by atoms with van der Waals surface area (Å²) in [6, 6.07) is 6.84. The van der Waals surface area contributed by atoms with E-state index in [9.17, 15) is 9.59 Å². The first-order valence-electron chi connectivity index (χ1n) is 7.61. The van der Waals surface area contributed by atoms with Gasteiger partial charge < -0.3 is 16.0 Å². The third-order valence-electron chi connectivity index (χ3n) is 4.03. The molecule has 1 saturated heterocycles. The van der Waals surface area contributed by atoms with Crippen LogP contribution in [0.3, 0.4) is 0 Å². The number of hydrogen-bond donors (Lipinski definition) is 2. The van der Waals surface area contributed by atoms with Crippen molar-refractivity contribution < 1.29 is 9.59 Å². The van der Waals surface area contributed by atoms with Crippen LogP contribution in [0.15, 0.2) is 24.3 Å². The number of piperidine rings is 1. The molecule has 1 aliphatic rings. The molecule has 120 valence electrons. The number of halogens is 1. The first-order chi connectivity index (χ1) is 10.6. The van der Waals surface area contributed by atoms with E-state index < -0.39 is 0 Å². The van der Waals surface area contributed by atoms with Crippen LogP contribution in [0.2, 0.25) is 5.02 Å². The fourth-order valence-corrected chi connectivity index (χ4v) is 2.77. The maximum Gasteiger partial charge on any atom is 0.251 e. The summed E-state index contributed by atoms with van der Waals surface area (Å²) in [4.78, 5) is 25.3. The number of nitrogens with zero attached hydrogens (tertiary/aromatic N) is 1. The Morgan fingerprint density at radius 1 is 1.23 bits per heavy atom. The number of amides is 2. The average Bonchev–Trinajstić information content (AvgIpc) is 2.52. The minimum absolute atomic E-state index is 0.0286. The number of nitrogens with one attached hydrogen (secondary N) is 1. The Kier molecular flexibility index (Phi) is 6.21. The van der Waals surface area contributed by atoms with Crippen LogP contribution in [0.5, 0.6) is 0 Å². The number of benzene rings is 1. The fraction of sp³-hybridized carbons (Fsp3) is 0.500. The summed E-state index contributed by atoms with van der Waals surface area (Å²) in [5.74, 6) is -0.236. The van der Waals surface area contributed by atoms with E-state index in [1.54, 1.807) is 24.3 Å². The summed E-state index contributed by atoms with van der Waals surface area (Å²) in [7, 11) is 0. The number of carbonyl (C=O) groups is 2. The van der Waals surface area contributed by atoms with Crippen molar-refractivity contribution in [1.29, 1.82) is 0 Å². The van der Waals surface area contributed by atoms with Crippen LogP contribution in [0.1, 0.15) is 29.6 Å². The molecule has 2 rings (SSSR count). The summed E-state index contributed by atoms with van der Waals surface area (Å²) >= 11 is 5.79. The molecule has 1 fully saturated rings. The third-order valence-corrected chi connectivity index (χ3v) is 4.29. The molecule has 0 spiro atoms. The number of hydrogen-bond acceptors (Lipinski definition) is 3. The highest BCUT2D eigenvalue weighted by Gasteiger charge is 2.22. The molecule has 22 heavy (non-hydrogen) atoms. The van der Waals surface area contributed by atoms with Crippen molar-refractivity contribution in [3.8, 4) is 0 Å². The van der Waals surface area contributed by atoms with E-state index in [0.29, 0.717) is 17.1 Å². The van der Waals surface area contributed by atoms with Crippen LogP contribution >= 0.6 is 11.6 Å². The first kappa shape index (κ1) is 16.8. The van der Waals surface area contributed by atoms with Gasteiger partial charge in [0.25, 0.3) is 5.91 Å². The normalized spacial score (nSPS) is 16.4. The molecule has 6 heteroatoms. The molecule has 1 aromatic rings. The number of rotatable bonds is 6. The van der Waals surface area contributed by atoms with Crippen molar-refractivity contribution in [1.82, 2.24) is 10.2 Å². The summed E-state index contributed by atoms with van der Waals surface area (Å²) in [5, 5.41) is 3.52. The Morgan fingerprint density at radius 2 is 1.86 bits per heavy atom. The van der Waals surface area contributed by atoms with Crippen LogP contribution in [-0.2, 0) is 4.79 Å². The minimum Gasteiger partial charge on any atom is -0.369 e. The maximum absolute atomic E-state index is 11.9. The van der Waals surface area contributed by atoms with E-state index in [1.165, 1.54) is 0 Å². The van der Waals surface area contributed by atoms with Crippen LogP contribution in [-0.4, -0.2) is 42.9 Å². The Bertz CT molecular complexity index is 511. The SMILES string of the molecule is NC(=O)C1CCN(CCCNC(=O)c2ccc(Cl)cc2)CC1. The van der Waals surface area contributed by atoms with Gasteiger partial charge in [-0.3, -0.25) is 9.59 Å². The zero-order valence-electron chi connectivity index (χ0n) is 12.6. The molecular weight excluding hydrogens is 302 g/mol. The molecule has 0 bridgehead atoms. The highest BCUT2D eigenvalue weighted by molar-refractivity contribution is 6.30.